The van der Waals surface area contributed by atoms with Crippen LogP contribution in [0.25, 0.3) is 6.08 Å². The lowest BCUT2D eigenvalue weighted by molar-refractivity contribution is -0.127. The number of ether oxygens (including phenoxy) is 1. The highest BCUT2D eigenvalue weighted by atomic mass is 32.2. The zero-order valence-electron chi connectivity index (χ0n) is 18.9. The number of thioether (sulfide) groups is 1. The van der Waals surface area contributed by atoms with E-state index in [1.54, 1.807) is 0 Å². The fourth-order valence-corrected chi connectivity index (χ4v) is 5.74. The largest absolute Gasteiger partial charge is 0.439 e. The first-order chi connectivity index (χ1) is 16.5. The van der Waals surface area contributed by atoms with Gasteiger partial charge in [0.25, 0.3) is 5.91 Å². The Hall–Kier alpha value is -3.71. The highest BCUT2D eigenvalue weighted by Crippen LogP contribution is 2.53. The van der Waals surface area contributed by atoms with Crippen LogP contribution in [0.4, 0.5) is 5.69 Å². The predicted octanol–water partition coefficient (Wildman–Crippen LogP) is 4.81. The van der Waals surface area contributed by atoms with E-state index in [9.17, 15) is 4.79 Å². The normalized spacial score (nSPS) is 23.9. The number of benzene rings is 3. The molecule has 7 heteroatoms. The fraction of sp³-hybridized carbons (Fsp3) is 0.185. The summed E-state index contributed by atoms with van der Waals surface area (Å²) in [5, 5.41) is 8.88. The standard InChI is InChI=1S/C27H24N4O2S/c1-30(2)20-14-12-18(13-15-20)16-25-26(32)28-27(34-25)31-23(21-10-6-7-11-24(21)33-27)17-22(29-31)19-8-4-3-5-9-19/h3-16,23H,17H2,1-2H3,(H,28,32)/b25-16-/t23-,27-/m0/s1. The van der Waals surface area contributed by atoms with Crippen LogP contribution in [0, 0.1) is 0 Å². The highest BCUT2D eigenvalue weighted by molar-refractivity contribution is 8.05. The Kier molecular flexibility index (Phi) is 4.88. The van der Waals surface area contributed by atoms with Gasteiger partial charge in [-0.25, -0.2) is 5.01 Å². The molecule has 0 aliphatic carbocycles. The van der Waals surface area contributed by atoms with Gasteiger partial charge >= 0.3 is 5.18 Å². The molecule has 6 rings (SSSR count). The number of hydrogen-bond donors (Lipinski definition) is 1. The first-order valence-electron chi connectivity index (χ1n) is 11.2. The first kappa shape index (κ1) is 20.9. The molecule has 3 aromatic carbocycles. The second-order valence-electron chi connectivity index (χ2n) is 8.75. The van der Waals surface area contributed by atoms with E-state index in [-0.39, 0.29) is 11.9 Å². The van der Waals surface area contributed by atoms with Crippen molar-refractivity contribution in [1.82, 2.24) is 10.3 Å². The summed E-state index contributed by atoms with van der Waals surface area (Å²) in [5.74, 6) is 0.612. The van der Waals surface area contributed by atoms with Crippen LogP contribution >= 0.6 is 11.8 Å². The first-order valence-corrected chi connectivity index (χ1v) is 12.0. The van der Waals surface area contributed by atoms with E-state index in [4.69, 9.17) is 9.84 Å². The number of carbonyl (C=O) groups excluding carboxylic acids is 1. The van der Waals surface area contributed by atoms with Gasteiger partial charge in [0.1, 0.15) is 5.75 Å². The van der Waals surface area contributed by atoms with Crippen LogP contribution in [0.2, 0.25) is 0 Å². The monoisotopic (exact) mass is 468 g/mol. The van der Waals surface area contributed by atoms with Crippen molar-refractivity contribution in [2.24, 2.45) is 5.10 Å². The lowest BCUT2D eigenvalue weighted by atomic mass is 9.97. The molecule has 1 N–H and O–H groups in total. The quantitative estimate of drug-likeness (QED) is 0.559. The SMILES string of the molecule is CN(C)c1ccc(/C=C2\S[C@]3(NC2=O)Oc2ccccc2[C@@H]2CC(c4ccccc4)=NN23)cc1. The highest BCUT2D eigenvalue weighted by Gasteiger charge is 2.57. The molecular weight excluding hydrogens is 444 g/mol. The van der Waals surface area contributed by atoms with Crippen molar-refractivity contribution >= 4 is 35.1 Å². The molecule has 1 spiro atoms. The molecule has 0 radical (unpaired) electrons. The number of hydrazone groups is 1. The Morgan fingerprint density at radius 1 is 1.06 bits per heavy atom. The molecule has 0 bridgehead atoms. The van der Waals surface area contributed by atoms with E-state index >= 15 is 0 Å². The number of hydrogen-bond acceptors (Lipinski definition) is 6. The fourth-order valence-electron chi connectivity index (χ4n) is 4.56. The number of rotatable bonds is 3. The number of para-hydroxylation sites is 1. The van der Waals surface area contributed by atoms with Gasteiger partial charge in [0.2, 0.25) is 0 Å². The van der Waals surface area contributed by atoms with Crippen LogP contribution in [-0.4, -0.2) is 35.9 Å². The van der Waals surface area contributed by atoms with Crippen LogP contribution < -0.4 is 15.0 Å². The van der Waals surface area contributed by atoms with Gasteiger partial charge in [-0.15, -0.1) is 0 Å². The van der Waals surface area contributed by atoms with Gasteiger partial charge in [-0.3, -0.25) is 10.1 Å². The zero-order chi connectivity index (χ0) is 23.3. The Labute approximate surface area is 202 Å². The van der Waals surface area contributed by atoms with Crippen molar-refractivity contribution in [3.63, 3.8) is 0 Å². The molecule has 3 aromatic rings. The summed E-state index contributed by atoms with van der Waals surface area (Å²) in [6.45, 7) is 0. The lowest BCUT2D eigenvalue weighted by Gasteiger charge is -2.43. The Balaban J connectivity index is 1.38. The number of fused-ring (bicyclic) bond motifs is 4. The van der Waals surface area contributed by atoms with E-state index in [0.29, 0.717) is 4.91 Å². The second-order valence-corrected chi connectivity index (χ2v) is 9.95. The van der Waals surface area contributed by atoms with Gasteiger partial charge in [-0.1, -0.05) is 60.7 Å². The van der Waals surface area contributed by atoms with E-state index in [1.165, 1.54) is 11.8 Å². The summed E-state index contributed by atoms with van der Waals surface area (Å²) in [5.41, 5.74) is 5.21. The molecule has 3 aliphatic heterocycles. The summed E-state index contributed by atoms with van der Waals surface area (Å²) in [6, 6.07) is 26.3. The average Bonchev–Trinajstić information content (AvgIpc) is 3.43. The molecule has 170 valence electrons. The van der Waals surface area contributed by atoms with Crippen molar-refractivity contribution in [2.45, 2.75) is 17.6 Å². The molecule has 34 heavy (non-hydrogen) atoms. The molecule has 1 amide bonds. The van der Waals surface area contributed by atoms with Gasteiger partial charge in [0.15, 0.2) is 0 Å². The third kappa shape index (κ3) is 3.44. The minimum absolute atomic E-state index is 0.0216. The van der Waals surface area contributed by atoms with E-state index in [0.717, 1.165) is 40.3 Å². The van der Waals surface area contributed by atoms with Gasteiger partial charge in [0, 0.05) is 31.8 Å². The minimum atomic E-state index is -1.12. The van der Waals surface area contributed by atoms with Crippen LogP contribution in [0.15, 0.2) is 88.9 Å². The Morgan fingerprint density at radius 3 is 2.56 bits per heavy atom. The predicted molar refractivity (Wildman–Crippen MR) is 136 cm³/mol. The number of nitrogens with one attached hydrogen (secondary N) is 1. The maximum atomic E-state index is 13.1. The van der Waals surface area contributed by atoms with Crippen LogP contribution in [0.3, 0.4) is 0 Å². The van der Waals surface area contributed by atoms with Gasteiger partial charge in [-0.2, -0.15) is 5.10 Å². The Bertz CT molecular complexity index is 1320. The molecule has 1 fully saturated rings. The number of amides is 1. The summed E-state index contributed by atoms with van der Waals surface area (Å²) in [6.07, 6.45) is 2.65. The molecule has 0 aromatic heterocycles. The van der Waals surface area contributed by atoms with Crippen molar-refractivity contribution in [3.05, 3.63) is 100 Å². The zero-order valence-corrected chi connectivity index (χ0v) is 19.8. The summed E-state index contributed by atoms with van der Waals surface area (Å²) >= 11 is 1.37. The van der Waals surface area contributed by atoms with Crippen molar-refractivity contribution < 1.29 is 9.53 Å². The summed E-state index contributed by atoms with van der Waals surface area (Å²) in [4.78, 5) is 15.8. The molecule has 6 nitrogen and oxygen atoms in total. The van der Waals surface area contributed by atoms with E-state index < -0.39 is 5.18 Å². The topological polar surface area (TPSA) is 57.2 Å². The summed E-state index contributed by atoms with van der Waals surface area (Å²) < 4.78 is 6.47. The van der Waals surface area contributed by atoms with E-state index in [2.05, 4.69) is 23.5 Å². The van der Waals surface area contributed by atoms with Gasteiger partial charge < -0.3 is 9.64 Å². The number of nitrogens with zero attached hydrogens (tertiary/aromatic N) is 3. The van der Waals surface area contributed by atoms with Gasteiger partial charge in [-0.05, 0) is 47.2 Å². The van der Waals surface area contributed by atoms with Crippen molar-refractivity contribution in [3.8, 4) is 5.75 Å². The maximum absolute atomic E-state index is 13.1. The van der Waals surface area contributed by atoms with Crippen LogP contribution in [-0.2, 0) is 4.79 Å². The molecule has 3 aliphatic rings. The van der Waals surface area contributed by atoms with Crippen LogP contribution in [0.1, 0.15) is 29.2 Å². The van der Waals surface area contributed by atoms with Crippen molar-refractivity contribution in [1.29, 1.82) is 0 Å². The summed E-state index contributed by atoms with van der Waals surface area (Å²) in [7, 11) is 4.01. The smallest absolute Gasteiger partial charge is 0.336 e. The number of carbonyl (C=O) groups is 1. The Morgan fingerprint density at radius 2 is 1.79 bits per heavy atom. The second kappa shape index (κ2) is 7.95. The van der Waals surface area contributed by atoms with Crippen molar-refractivity contribution in [2.75, 3.05) is 19.0 Å². The minimum Gasteiger partial charge on any atom is -0.439 e. The molecule has 3 heterocycles. The molecule has 2 atom stereocenters. The third-order valence-corrected chi connectivity index (χ3v) is 7.47. The molecule has 1 saturated heterocycles. The third-order valence-electron chi connectivity index (χ3n) is 6.30. The van der Waals surface area contributed by atoms with Crippen LogP contribution in [0.5, 0.6) is 5.75 Å². The lowest BCUT2D eigenvalue weighted by Crippen LogP contribution is -2.58. The average molecular weight is 469 g/mol. The number of anilines is 1. The molecular formula is C27H24N4O2S. The maximum Gasteiger partial charge on any atom is 0.336 e. The van der Waals surface area contributed by atoms with E-state index in [1.807, 2.05) is 90.7 Å². The van der Waals surface area contributed by atoms with Gasteiger partial charge in [0.05, 0.1) is 16.7 Å². The molecule has 0 saturated carbocycles. The molecule has 0 unspecified atom stereocenters.